The standard InChI is InChI=1S/C24H23FN6O3S/c1-30(2)13-18-20(35(3,33)34)6-7-21(29-18)28-17-5-4-15(16-11-27-24(32)23(16)17)19-12-26-22-10-14(25)8-9-31(19)22/h4-10,12H,11,13H2,1-3H3,(H,27,32)(H,28,29). The molecule has 9 nitrogen and oxygen atoms in total. The number of carbonyl (C=O) groups is 1. The molecule has 1 aromatic carbocycles. The van der Waals surface area contributed by atoms with E-state index in [0.29, 0.717) is 41.5 Å². The number of nitrogens with zero attached hydrogens (tertiary/aromatic N) is 4. The van der Waals surface area contributed by atoms with Crippen LogP contribution < -0.4 is 10.6 Å². The Bertz CT molecular complexity index is 1600. The maximum absolute atomic E-state index is 13.6. The Morgan fingerprint density at radius 3 is 2.74 bits per heavy atom. The normalized spacial score (nSPS) is 13.3. The molecule has 4 heterocycles. The molecule has 5 rings (SSSR count). The van der Waals surface area contributed by atoms with Crippen LogP contribution in [0.4, 0.5) is 15.9 Å². The number of sulfone groups is 1. The first-order valence-corrected chi connectivity index (χ1v) is 12.7. The zero-order chi connectivity index (χ0) is 24.9. The van der Waals surface area contributed by atoms with Gasteiger partial charge in [-0.2, -0.15) is 0 Å². The Labute approximate surface area is 201 Å². The molecule has 0 radical (unpaired) electrons. The second-order valence-electron chi connectivity index (χ2n) is 8.69. The Balaban J connectivity index is 1.57. The monoisotopic (exact) mass is 494 g/mol. The van der Waals surface area contributed by atoms with Crippen molar-refractivity contribution in [3.8, 4) is 11.3 Å². The van der Waals surface area contributed by atoms with Gasteiger partial charge in [-0.15, -0.1) is 0 Å². The summed E-state index contributed by atoms with van der Waals surface area (Å²) in [4.78, 5) is 23.6. The summed E-state index contributed by atoms with van der Waals surface area (Å²) in [6.07, 6.45) is 4.41. The van der Waals surface area contributed by atoms with Gasteiger partial charge in [-0.25, -0.2) is 22.8 Å². The van der Waals surface area contributed by atoms with E-state index in [1.807, 2.05) is 25.1 Å². The van der Waals surface area contributed by atoms with Crippen LogP contribution in [0, 0.1) is 5.82 Å². The second-order valence-corrected chi connectivity index (χ2v) is 10.7. The number of rotatable bonds is 6. The van der Waals surface area contributed by atoms with Crippen LogP contribution in [0.1, 0.15) is 21.6 Å². The highest BCUT2D eigenvalue weighted by molar-refractivity contribution is 7.90. The third kappa shape index (κ3) is 4.24. The number of nitrogens with one attached hydrogen (secondary N) is 2. The summed E-state index contributed by atoms with van der Waals surface area (Å²) in [5.74, 6) is -0.182. The lowest BCUT2D eigenvalue weighted by molar-refractivity contribution is 0.0966. The Morgan fingerprint density at radius 1 is 1.20 bits per heavy atom. The van der Waals surface area contributed by atoms with E-state index in [2.05, 4.69) is 20.6 Å². The predicted molar refractivity (Wildman–Crippen MR) is 130 cm³/mol. The minimum absolute atomic E-state index is 0.166. The van der Waals surface area contributed by atoms with E-state index in [-0.39, 0.29) is 16.6 Å². The zero-order valence-electron chi connectivity index (χ0n) is 19.3. The quantitative estimate of drug-likeness (QED) is 0.424. The summed E-state index contributed by atoms with van der Waals surface area (Å²) in [5, 5.41) is 6.05. The van der Waals surface area contributed by atoms with Crippen LogP contribution in [0.15, 0.2) is 53.7 Å². The molecular weight excluding hydrogens is 471 g/mol. The lowest BCUT2D eigenvalue weighted by Gasteiger charge is -2.16. The number of carbonyl (C=O) groups excluding carboxylic acids is 1. The highest BCUT2D eigenvalue weighted by Crippen LogP contribution is 2.35. The summed E-state index contributed by atoms with van der Waals surface area (Å²) >= 11 is 0. The molecule has 0 spiro atoms. The molecule has 0 fully saturated rings. The van der Waals surface area contributed by atoms with Crippen LogP contribution in [0.2, 0.25) is 0 Å². The molecule has 2 N–H and O–H groups in total. The Hall–Kier alpha value is -3.83. The van der Waals surface area contributed by atoms with Crippen molar-refractivity contribution in [1.82, 2.24) is 24.6 Å². The minimum Gasteiger partial charge on any atom is -0.348 e. The topological polar surface area (TPSA) is 109 Å². The van der Waals surface area contributed by atoms with E-state index >= 15 is 0 Å². The van der Waals surface area contributed by atoms with Crippen LogP contribution in [0.3, 0.4) is 0 Å². The zero-order valence-corrected chi connectivity index (χ0v) is 20.1. The molecular formula is C24H23FN6O3S. The molecule has 4 aromatic rings. The molecule has 3 aromatic heterocycles. The van der Waals surface area contributed by atoms with E-state index < -0.39 is 9.84 Å². The number of benzene rings is 1. The molecule has 1 amide bonds. The fourth-order valence-corrected chi connectivity index (χ4v) is 5.15. The van der Waals surface area contributed by atoms with Crippen LogP contribution in [-0.2, 0) is 22.9 Å². The van der Waals surface area contributed by atoms with Gasteiger partial charge in [0.1, 0.15) is 17.3 Å². The molecule has 11 heteroatoms. The van der Waals surface area contributed by atoms with Gasteiger partial charge in [-0.1, -0.05) is 6.07 Å². The van der Waals surface area contributed by atoms with Crippen LogP contribution in [-0.4, -0.2) is 53.9 Å². The highest BCUT2D eigenvalue weighted by atomic mass is 32.2. The molecule has 0 atom stereocenters. The lowest BCUT2D eigenvalue weighted by atomic mass is 9.99. The number of pyridine rings is 2. The summed E-state index contributed by atoms with van der Waals surface area (Å²) in [5.41, 5.74) is 4.24. The van der Waals surface area contributed by atoms with Gasteiger partial charge in [0.05, 0.1) is 33.7 Å². The maximum atomic E-state index is 13.6. The summed E-state index contributed by atoms with van der Waals surface area (Å²) in [6.45, 7) is 0.671. The van der Waals surface area contributed by atoms with E-state index in [9.17, 15) is 17.6 Å². The van der Waals surface area contributed by atoms with Crippen molar-refractivity contribution in [1.29, 1.82) is 0 Å². The number of hydrogen-bond acceptors (Lipinski definition) is 7. The van der Waals surface area contributed by atoms with Gasteiger partial charge in [-0.05, 0) is 43.9 Å². The summed E-state index contributed by atoms with van der Waals surface area (Å²) in [6, 6.07) is 9.46. The van der Waals surface area contributed by atoms with Gasteiger partial charge in [-0.3, -0.25) is 9.20 Å². The average molecular weight is 495 g/mol. The Morgan fingerprint density at radius 2 is 2.00 bits per heavy atom. The first kappa shape index (κ1) is 22.9. The van der Waals surface area contributed by atoms with Crippen LogP contribution in [0.5, 0.6) is 0 Å². The van der Waals surface area contributed by atoms with Gasteiger partial charge in [0.15, 0.2) is 9.84 Å². The molecule has 0 bridgehead atoms. The fourth-order valence-electron chi connectivity index (χ4n) is 4.29. The smallest absolute Gasteiger partial charge is 0.254 e. The van der Waals surface area contributed by atoms with E-state index in [1.165, 1.54) is 18.2 Å². The molecule has 35 heavy (non-hydrogen) atoms. The molecule has 180 valence electrons. The molecule has 0 unspecified atom stereocenters. The van der Waals surface area contributed by atoms with Gasteiger partial charge >= 0.3 is 0 Å². The van der Waals surface area contributed by atoms with Crippen molar-refractivity contribution < 1.29 is 17.6 Å². The summed E-state index contributed by atoms with van der Waals surface area (Å²) < 4.78 is 39.8. The second kappa shape index (κ2) is 8.43. The molecule has 1 aliphatic heterocycles. The Kier molecular flexibility index (Phi) is 5.53. The number of imidazole rings is 1. The molecule has 0 saturated heterocycles. The van der Waals surface area contributed by atoms with Gasteiger partial charge < -0.3 is 15.5 Å². The summed E-state index contributed by atoms with van der Waals surface area (Å²) in [7, 11) is 0.212. The molecule has 0 saturated carbocycles. The number of hydrogen-bond donors (Lipinski definition) is 2. The van der Waals surface area contributed by atoms with Crippen molar-refractivity contribution >= 4 is 32.9 Å². The first-order valence-electron chi connectivity index (χ1n) is 10.8. The van der Waals surface area contributed by atoms with Crippen molar-refractivity contribution in [2.45, 2.75) is 18.0 Å². The van der Waals surface area contributed by atoms with Crippen molar-refractivity contribution in [3.63, 3.8) is 0 Å². The van der Waals surface area contributed by atoms with Crippen LogP contribution in [0.25, 0.3) is 16.9 Å². The number of aromatic nitrogens is 3. The van der Waals surface area contributed by atoms with Crippen molar-refractivity contribution in [2.75, 3.05) is 25.7 Å². The number of amides is 1. The minimum atomic E-state index is -3.45. The molecule has 1 aliphatic rings. The van der Waals surface area contributed by atoms with Crippen molar-refractivity contribution in [3.05, 3.63) is 71.4 Å². The fraction of sp³-hybridized carbons (Fsp3) is 0.208. The maximum Gasteiger partial charge on any atom is 0.254 e. The SMILES string of the molecule is CN(C)Cc1nc(Nc2ccc(-c3cnc4cc(F)ccn34)c3c2C(=O)NC3)ccc1S(C)(=O)=O. The van der Waals surface area contributed by atoms with E-state index in [1.54, 1.807) is 28.9 Å². The number of halogens is 1. The lowest BCUT2D eigenvalue weighted by Crippen LogP contribution is -2.16. The van der Waals surface area contributed by atoms with Gasteiger partial charge in [0.2, 0.25) is 0 Å². The highest BCUT2D eigenvalue weighted by Gasteiger charge is 2.27. The third-order valence-electron chi connectivity index (χ3n) is 5.78. The van der Waals surface area contributed by atoms with Gasteiger partial charge in [0, 0.05) is 37.2 Å². The number of fused-ring (bicyclic) bond motifs is 2. The van der Waals surface area contributed by atoms with Crippen LogP contribution >= 0.6 is 0 Å². The van der Waals surface area contributed by atoms with Gasteiger partial charge in [0.25, 0.3) is 5.91 Å². The van der Waals surface area contributed by atoms with Crippen molar-refractivity contribution in [2.24, 2.45) is 0 Å². The first-order chi connectivity index (χ1) is 16.6. The predicted octanol–water partition coefficient (Wildman–Crippen LogP) is 2.99. The third-order valence-corrected chi connectivity index (χ3v) is 6.95. The molecule has 0 aliphatic carbocycles. The number of anilines is 2. The average Bonchev–Trinajstić information content (AvgIpc) is 3.37. The largest absolute Gasteiger partial charge is 0.348 e. The van der Waals surface area contributed by atoms with E-state index in [0.717, 1.165) is 23.1 Å². The van der Waals surface area contributed by atoms with E-state index in [4.69, 9.17) is 0 Å².